The van der Waals surface area contributed by atoms with E-state index in [2.05, 4.69) is 4.98 Å². The Kier molecular flexibility index (Phi) is 5.39. The third-order valence-corrected chi connectivity index (χ3v) is 1.21. The quantitative estimate of drug-likeness (QED) is 0.669. The first-order chi connectivity index (χ1) is 5.30. The van der Waals surface area contributed by atoms with Crippen LogP contribution in [0.2, 0.25) is 0 Å². The van der Waals surface area contributed by atoms with Gasteiger partial charge in [0.1, 0.15) is 0 Å². The monoisotopic (exact) mass is 152 g/mol. The molecule has 0 amide bonds. The highest BCUT2D eigenvalue weighted by Gasteiger charge is 1.94. The van der Waals surface area contributed by atoms with Crippen molar-refractivity contribution in [3.63, 3.8) is 0 Å². The first-order valence-corrected chi connectivity index (χ1v) is 3.96. The van der Waals surface area contributed by atoms with Crippen LogP contribution in [0.25, 0.3) is 0 Å². The van der Waals surface area contributed by atoms with Crippen molar-refractivity contribution < 1.29 is 0 Å². The fourth-order valence-electron chi connectivity index (χ4n) is 0.645. The molecule has 0 aliphatic heterocycles. The van der Waals surface area contributed by atoms with E-state index in [-0.39, 0.29) is 6.04 Å². The predicted octanol–water partition coefficient (Wildman–Crippen LogP) is 2.13. The normalized spacial score (nSPS) is 11.3. The van der Waals surface area contributed by atoms with Crippen molar-refractivity contribution in [1.29, 1.82) is 0 Å². The fourth-order valence-corrected chi connectivity index (χ4v) is 0.645. The SMILES string of the molecule is CC.CC(N)c1cccnc1. The highest BCUT2D eigenvalue weighted by Crippen LogP contribution is 2.04. The third-order valence-electron chi connectivity index (χ3n) is 1.21. The molecule has 0 aliphatic rings. The first-order valence-electron chi connectivity index (χ1n) is 3.96. The van der Waals surface area contributed by atoms with E-state index in [9.17, 15) is 0 Å². The average Bonchev–Trinajstić information content (AvgIpc) is 2.10. The van der Waals surface area contributed by atoms with Crippen LogP contribution in [0.5, 0.6) is 0 Å². The summed E-state index contributed by atoms with van der Waals surface area (Å²) in [6.45, 7) is 5.94. The Morgan fingerprint density at radius 3 is 2.36 bits per heavy atom. The molecule has 2 nitrogen and oxygen atoms in total. The number of pyridine rings is 1. The van der Waals surface area contributed by atoms with Crippen LogP contribution < -0.4 is 5.73 Å². The second kappa shape index (κ2) is 5.86. The summed E-state index contributed by atoms with van der Waals surface area (Å²) in [5, 5.41) is 0. The summed E-state index contributed by atoms with van der Waals surface area (Å²) in [5.41, 5.74) is 6.65. The summed E-state index contributed by atoms with van der Waals surface area (Å²) in [6.07, 6.45) is 3.52. The molecule has 1 atom stereocenters. The van der Waals surface area contributed by atoms with Gasteiger partial charge in [0.15, 0.2) is 0 Å². The second-order valence-electron chi connectivity index (χ2n) is 2.08. The summed E-state index contributed by atoms with van der Waals surface area (Å²) in [4.78, 5) is 3.93. The van der Waals surface area contributed by atoms with Crippen molar-refractivity contribution in [1.82, 2.24) is 4.98 Å². The third kappa shape index (κ3) is 3.73. The molecule has 2 N–H and O–H groups in total. The van der Waals surface area contributed by atoms with Crippen LogP contribution in [0.1, 0.15) is 32.4 Å². The van der Waals surface area contributed by atoms with Crippen molar-refractivity contribution in [2.45, 2.75) is 26.8 Å². The van der Waals surface area contributed by atoms with Crippen LogP contribution in [0, 0.1) is 0 Å². The predicted molar refractivity (Wildman–Crippen MR) is 48.2 cm³/mol. The molecular formula is C9H16N2. The molecule has 0 radical (unpaired) electrons. The lowest BCUT2D eigenvalue weighted by molar-refractivity contribution is 0.811. The topological polar surface area (TPSA) is 38.9 Å². The van der Waals surface area contributed by atoms with Crippen molar-refractivity contribution in [2.75, 3.05) is 0 Å². The maximum atomic E-state index is 5.57. The van der Waals surface area contributed by atoms with Gasteiger partial charge >= 0.3 is 0 Å². The van der Waals surface area contributed by atoms with E-state index in [0.717, 1.165) is 5.56 Å². The van der Waals surface area contributed by atoms with E-state index >= 15 is 0 Å². The van der Waals surface area contributed by atoms with E-state index in [1.165, 1.54) is 0 Å². The number of hydrogen-bond donors (Lipinski definition) is 1. The maximum Gasteiger partial charge on any atom is 0.0315 e. The Hall–Kier alpha value is -0.890. The second-order valence-corrected chi connectivity index (χ2v) is 2.08. The van der Waals surface area contributed by atoms with Gasteiger partial charge in [-0.1, -0.05) is 19.9 Å². The molecule has 1 aromatic rings. The average molecular weight is 152 g/mol. The number of nitrogens with two attached hydrogens (primary N) is 1. The Morgan fingerprint density at radius 1 is 1.45 bits per heavy atom. The van der Waals surface area contributed by atoms with Gasteiger partial charge < -0.3 is 5.73 Å². The molecule has 0 aliphatic carbocycles. The molecule has 2 heteroatoms. The van der Waals surface area contributed by atoms with Crippen LogP contribution in [0.3, 0.4) is 0 Å². The van der Waals surface area contributed by atoms with Crippen LogP contribution >= 0.6 is 0 Å². The molecule has 1 aromatic heterocycles. The van der Waals surface area contributed by atoms with Gasteiger partial charge in [-0.2, -0.15) is 0 Å². The molecule has 0 saturated heterocycles. The minimum Gasteiger partial charge on any atom is -0.324 e. The molecule has 1 rings (SSSR count). The Labute approximate surface area is 68.5 Å². The Bertz CT molecular complexity index is 170. The van der Waals surface area contributed by atoms with Crippen LogP contribution in [0.4, 0.5) is 0 Å². The van der Waals surface area contributed by atoms with Gasteiger partial charge in [0.25, 0.3) is 0 Å². The summed E-state index contributed by atoms with van der Waals surface area (Å²) in [5.74, 6) is 0. The lowest BCUT2D eigenvalue weighted by Gasteiger charge is -2.01. The van der Waals surface area contributed by atoms with Crippen molar-refractivity contribution in [2.24, 2.45) is 5.73 Å². The van der Waals surface area contributed by atoms with Crippen molar-refractivity contribution in [3.05, 3.63) is 30.1 Å². The molecule has 0 spiro atoms. The molecule has 1 unspecified atom stereocenters. The number of hydrogen-bond acceptors (Lipinski definition) is 2. The van der Waals surface area contributed by atoms with E-state index in [0.29, 0.717) is 0 Å². The molecule has 1 heterocycles. The molecule has 62 valence electrons. The van der Waals surface area contributed by atoms with Gasteiger partial charge in [0.2, 0.25) is 0 Å². The summed E-state index contributed by atoms with van der Waals surface area (Å²) >= 11 is 0. The van der Waals surface area contributed by atoms with Gasteiger partial charge in [-0.05, 0) is 18.6 Å². The highest BCUT2D eigenvalue weighted by molar-refractivity contribution is 5.11. The highest BCUT2D eigenvalue weighted by atomic mass is 14.7. The maximum absolute atomic E-state index is 5.57. The molecule has 0 saturated carbocycles. The zero-order valence-electron chi connectivity index (χ0n) is 7.41. The smallest absolute Gasteiger partial charge is 0.0315 e. The minimum atomic E-state index is 0.0960. The zero-order chi connectivity index (χ0) is 8.69. The molecule has 0 aromatic carbocycles. The van der Waals surface area contributed by atoms with E-state index in [4.69, 9.17) is 5.73 Å². The summed E-state index contributed by atoms with van der Waals surface area (Å²) in [6, 6.07) is 3.95. The lowest BCUT2D eigenvalue weighted by Crippen LogP contribution is -2.04. The van der Waals surface area contributed by atoms with E-state index in [1.807, 2.05) is 32.9 Å². The van der Waals surface area contributed by atoms with Crippen LogP contribution in [-0.2, 0) is 0 Å². The number of nitrogens with zero attached hydrogens (tertiary/aromatic N) is 1. The standard InChI is InChI=1S/C7H10N2.C2H6/c1-6(8)7-3-2-4-9-5-7;1-2/h2-6H,8H2,1H3;1-2H3. The summed E-state index contributed by atoms with van der Waals surface area (Å²) < 4.78 is 0. The van der Waals surface area contributed by atoms with Gasteiger partial charge in [-0.15, -0.1) is 0 Å². The van der Waals surface area contributed by atoms with Crippen molar-refractivity contribution in [3.8, 4) is 0 Å². The van der Waals surface area contributed by atoms with Crippen molar-refractivity contribution >= 4 is 0 Å². The Morgan fingerprint density at radius 2 is 2.09 bits per heavy atom. The van der Waals surface area contributed by atoms with Gasteiger partial charge in [-0.25, -0.2) is 0 Å². The first kappa shape index (κ1) is 10.1. The number of rotatable bonds is 1. The molecular weight excluding hydrogens is 136 g/mol. The largest absolute Gasteiger partial charge is 0.324 e. The molecule has 11 heavy (non-hydrogen) atoms. The number of aromatic nitrogens is 1. The fraction of sp³-hybridized carbons (Fsp3) is 0.444. The zero-order valence-corrected chi connectivity index (χ0v) is 7.41. The minimum absolute atomic E-state index is 0.0960. The Balaban J connectivity index is 0.000000461. The van der Waals surface area contributed by atoms with Gasteiger partial charge in [0, 0.05) is 18.4 Å². The summed E-state index contributed by atoms with van der Waals surface area (Å²) in [7, 11) is 0. The van der Waals surface area contributed by atoms with Crippen LogP contribution in [0.15, 0.2) is 24.5 Å². The van der Waals surface area contributed by atoms with E-state index in [1.54, 1.807) is 12.4 Å². The van der Waals surface area contributed by atoms with Crippen LogP contribution in [-0.4, -0.2) is 4.98 Å². The van der Waals surface area contributed by atoms with E-state index < -0.39 is 0 Å². The molecule has 0 bridgehead atoms. The van der Waals surface area contributed by atoms with Gasteiger partial charge in [0.05, 0.1) is 0 Å². The van der Waals surface area contributed by atoms with Gasteiger partial charge in [-0.3, -0.25) is 4.98 Å². The molecule has 0 fully saturated rings. The lowest BCUT2D eigenvalue weighted by atomic mass is 10.2.